The number of hydrogen-bond donors (Lipinski definition) is 1. The van der Waals surface area contributed by atoms with Gasteiger partial charge in [0.05, 0.1) is 5.41 Å². The van der Waals surface area contributed by atoms with E-state index < -0.39 is 5.41 Å². The van der Waals surface area contributed by atoms with Crippen LogP contribution in [0.3, 0.4) is 0 Å². The lowest BCUT2D eigenvalue weighted by molar-refractivity contribution is -0.127. The maximum absolute atomic E-state index is 13.6. The molecule has 3 heteroatoms. The minimum atomic E-state index is -0.509. The smallest absolute Gasteiger partial charge is 0.230 e. The molecule has 22 heavy (non-hydrogen) atoms. The van der Waals surface area contributed by atoms with Crippen molar-refractivity contribution in [1.29, 1.82) is 0 Å². The molecule has 1 N–H and O–H groups in total. The Balaban J connectivity index is 1.77. The first kappa shape index (κ1) is 15.5. The van der Waals surface area contributed by atoms with Crippen LogP contribution in [0.1, 0.15) is 63.9 Å². The molecule has 0 spiro atoms. The van der Waals surface area contributed by atoms with Gasteiger partial charge in [0.25, 0.3) is 0 Å². The van der Waals surface area contributed by atoms with E-state index in [9.17, 15) is 9.18 Å². The third-order valence-electron chi connectivity index (χ3n) is 5.62. The van der Waals surface area contributed by atoms with Crippen LogP contribution in [-0.2, 0) is 10.2 Å². The fraction of sp³-hybridized carbons (Fsp3) is 0.632. The molecule has 2 aliphatic rings. The molecule has 1 aromatic rings. The van der Waals surface area contributed by atoms with Crippen molar-refractivity contribution in [2.45, 2.75) is 69.7 Å². The van der Waals surface area contributed by atoms with Gasteiger partial charge >= 0.3 is 0 Å². The Morgan fingerprint density at radius 3 is 2.50 bits per heavy atom. The maximum atomic E-state index is 13.6. The number of hydrogen-bond acceptors (Lipinski definition) is 1. The minimum Gasteiger partial charge on any atom is -0.353 e. The largest absolute Gasteiger partial charge is 0.353 e. The summed E-state index contributed by atoms with van der Waals surface area (Å²) in [5, 5.41) is 3.28. The monoisotopic (exact) mass is 303 g/mol. The van der Waals surface area contributed by atoms with Gasteiger partial charge in [0.1, 0.15) is 5.82 Å². The average molecular weight is 303 g/mol. The lowest BCUT2D eigenvalue weighted by Gasteiger charge is -2.33. The maximum Gasteiger partial charge on any atom is 0.230 e. The van der Waals surface area contributed by atoms with Gasteiger partial charge in [-0.1, -0.05) is 31.9 Å². The fourth-order valence-corrected chi connectivity index (χ4v) is 4.14. The van der Waals surface area contributed by atoms with Gasteiger partial charge in [-0.25, -0.2) is 4.39 Å². The molecule has 2 saturated carbocycles. The summed E-state index contributed by atoms with van der Waals surface area (Å²) in [6.07, 6.45) is 8.31. The van der Waals surface area contributed by atoms with Crippen LogP contribution < -0.4 is 5.32 Å². The van der Waals surface area contributed by atoms with Crippen LogP contribution in [0.25, 0.3) is 0 Å². The van der Waals surface area contributed by atoms with Crippen LogP contribution in [0.2, 0.25) is 0 Å². The predicted octanol–water partition coefficient (Wildman–Crippen LogP) is 4.33. The summed E-state index contributed by atoms with van der Waals surface area (Å²) in [7, 11) is 0. The molecule has 0 atom stereocenters. The van der Waals surface area contributed by atoms with Crippen LogP contribution >= 0.6 is 0 Å². The van der Waals surface area contributed by atoms with Crippen LogP contribution in [0.4, 0.5) is 4.39 Å². The molecule has 1 amide bonds. The van der Waals surface area contributed by atoms with E-state index in [1.807, 2.05) is 6.07 Å². The van der Waals surface area contributed by atoms with Crippen LogP contribution in [-0.4, -0.2) is 11.9 Å². The second-order valence-electron chi connectivity index (χ2n) is 7.23. The summed E-state index contributed by atoms with van der Waals surface area (Å²) < 4.78 is 13.6. The summed E-state index contributed by atoms with van der Waals surface area (Å²) in [5.41, 5.74) is 0.345. The topological polar surface area (TPSA) is 29.1 Å². The van der Waals surface area contributed by atoms with Gasteiger partial charge in [-0.15, -0.1) is 0 Å². The number of benzene rings is 1. The van der Waals surface area contributed by atoms with Crippen molar-refractivity contribution < 1.29 is 9.18 Å². The van der Waals surface area contributed by atoms with Gasteiger partial charge in [0.15, 0.2) is 0 Å². The molecule has 0 bridgehead atoms. The van der Waals surface area contributed by atoms with Gasteiger partial charge in [0.2, 0.25) is 5.91 Å². The molecule has 0 aliphatic heterocycles. The summed E-state index contributed by atoms with van der Waals surface area (Å²) in [5.74, 6) is 0.648. The Labute approximate surface area is 132 Å². The van der Waals surface area contributed by atoms with E-state index in [4.69, 9.17) is 0 Å². The standard InChI is InChI=1S/C19H26FNO/c1-14-7-9-17(10-8-14)21-18(22)19(11-2-3-12-19)15-5-4-6-16(20)13-15/h4-6,13-14,17H,2-3,7-12H2,1H3,(H,21,22). The highest BCUT2D eigenvalue weighted by atomic mass is 19.1. The summed E-state index contributed by atoms with van der Waals surface area (Å²) in [6, 6.07) is 6.94. The highest BCUT2D eigenvalue weighted by Crippen LogP contribution is 2.42. The first-order chi connectivity index (χ1) is 10.6. The van der Waals surface area contributed by atoms with Gasteiger partial charge in [-0.05, 0) is 62.1 Å². The first-order valence-corrected chi connectivity index (χ1v) is 8.67. The number of carbonyl (C=O) groups is 1. The van der Waals surface area contributed by atoms with E-state index in [-0.39, 0.29) is 11.7 Å². The molecule has 2 fully saturated rings. The zero-order valence-corrected chi connectivity index (χ0v) is 13.4. The normalized spacial score (nSPS) is 27.5. The van der Waals surface area contributed by atoms with Crippen molar-refractivity contribution in [3.63, 3.8) is 0 Å². The van der Waals surface area contributed by atoms with E-state index in [0.29, 0.717) is 6.04 Å². The number of nitrogens with one attached hydrogen (secondary N) is 1. The molecule has 2 nitrogen and oxygen atoms in total. The van der Waals surface area contributed by atoms with Crippen LogP contribution in [0.5, 0.6) is 0 Å². The van der Waals surface area contributed by atoms with Gasteiger partial charge in [-0.3, -0.25) is 4.79 Å². The fourth-order valence-electron chi connectivity index (χ4n) is 4.14. The van der Waals surface area contributed by atoms with Crippen molar-refractivity contribution in [3.8, 4) is 0 Å². The van der Waals surface area contributed by atoms with E-state index in [2.05, 4.69) is 12.2 Å². The molecule has 0 aromatic heterocycles. The Hall–Kier alpha value is -1.38. The van der Waals surface area contributed by atoms with E-state index in [1.54, 1.807) is 12.1 Å². The lowest BCUT2D eigenvalue weighted by atomic mass is 9.77. The molecule has 3 rings (SSSR count). The van der Waals surface area contributed by atoms with Crippen molar-refractivity contribution in [1.82, 2.24) is 5.32 Å². The summed E-state index contributed by atoms with van der Waals surface area (Å²) in [4.78, 5) is 13.0. The van der Waals surface area contributed by atoms with E-state index in [1.165, 1.54) is 18.9 Å². The molecule has 120 valence electrons. The van der Waals surface area contributed by atoms with Crippen molar-refractivity contribution in [2.75, 3.05) is 0 Å². The molecule has 0 unspecified atom stereocenters. The second kappa shape index (κ2) is 6.39. The summed E-state index contributed by atoms with van der Waals surface area (Å²) in [6.45, 7) is 2.28. The third kappa shape index (κ3) is 3.04. The Bertz CT molecular complexity index is 528. The SMILES string of the molecule is CC1CCC(NC(=O)C2(c3cccc(F)c3)CCCC2)CC1. The Morgan fingerprint density at radius 2 is 1.86 bits per heavy atom. The van der Waals surface area contributed by atoms with Gasteiger partial charge < -0.3 is 5.32 Å². The molecule has 0 saturated heterocycles. The second-order valence-corrected chi connectivity index (χ2v) is 7.23. The van der Waals surface area contributed by atoms with E-state index in [0.717, 1.165) is 50.0 Å². The molecule has 0 heterocycles. The molecular formula is C19H26FNO. The Kier molecular flexibility index (Phi) is 4.51. The van der Waals surface area contributed by atoms with Crippen molar-refractivity contribution in [2.24, 2.45) is 5.92 Å². The minimum absolute atomic E-state index is 0.121. The highest BCUT2D eigenvalue weighted by molar-refractivity contribution is 5.88. The number of carbonyl (C=O) groups excluding carboxylic acids is 1. The highest BCUT2D eigenvalue weighted by Gasteiger charge is 2.43. The number of rotatable bonds is 3. The number of amides is 1. The molecule has 0 radical (unpaired) electrons. The quantitative estimate of drug-likeness (QED) is 0.884. The van der Waals surface area contributed by atoms with Crippen molar-refractivity contribution >= 4 is 5.91 Å². The summed E-state index contributed by atoms with van der Waals surface area (Å²) >= 11 is 0. The van der Waals surface area contributed by atoms with Gasteiger partial charge in [-0.2, -0.15) is 0 Å². The lowest BCUT2D eigenvalue weighted by Crippen LogP contribution is -2.47. The molecule has 1 aromatic carbocycles. The third-order valence-corrected chi connectivity index (χ3v) is 5.62. The van der Waals surface area contributed by atoms with Crippen molar-refractivity contribution in [3.05, 3.63) is 35.6 Å². The van der Waals surface area contributed by atoms with Crippen LogP contribution in [0.15, 0.2) is 24.3 Å². The predicted molar refractivity (Wildman–Crippen MR) is 86.1 cm³/mol. The average Bonchev–Trinajstić information content (AvgIpc) is 3.00. The van der Waals surface area contributed by atoms with E-state index >= 15 is 0 Å². The Morgan fingerprint density at radius 1 is 1.18 bits per heavy atom. The van der Waals surface area contributed by atoms with Crippen LogP contribution in [0, 0.1) is 11.7 Å². The molecular weight excluding hydrogens is 277 g/mol. The zero-order chi connectivity index (χ0) is 15.6. The number of halogens is 1. The zero-order valence-electron chi connectivity index (χ0n) is 13.4. The van der Waals surface area contributed by atoms with Gasteiger partial charge in [0, 0.05) is 6.04 Å². The molecule has 2 aliphatic carbocycles. The first-order valence-electron chi connectivity index (χ1n) is 8.67.